The van der Waals surface area contributed by atoms with Crippen molar-refractivity contribution in [1.82, 2.24) is 9.97 Å². The molecule has 2 heterocycles. The average Bonchev–Trinajstić information content (AvgIpc) is 2.33. The molecule has 0 aromatic carbocycles. The predicted octanol–water partition coefficient (Wildman–Crippen LogP) is 0.753. The summed E-state index contributed by atoms with van der Waals surface area (Å²) in [6, 6.07) is 0. The third kappa shape index (κ3) is 0.744. The number of nitrogens with zero attached hydrogens (tertiary/aromatic N) is 2. The van der Waals surface area contributed by atoms with Crippen LogP contribution >= 0.6 is 0 Å². The lowest BCUT2D eigenvalue weighted by molar-refractivity contribution is 0.976. The first-order valence-corrected chi connectivity index (χ1v) is 3.42. The number of anilines is 1. The summed E-state index contributed by atoms with van der Waals surface area (Å²) in [6.07, 6.45) is 2.89. The van der Waals surface area contributed by atoms with Crippen molar-refractivity contribution in [2.45, 2.75) is 13.3 Å². The van der Waals surface area contributed by atoms with Crippen molar-refractivity contribution in [3.63, 3.8) is 0 Å². The normalized spacial score (nSPS) is 14.5. The highest BCUT2D eigenvalue weighted by molar-refractivity contribution is 5.50. The molecule has 0 atom stereocenters. The Morgan fingerprint density at radius 1 is 1.60 bits per heavy atom. The van der Waals surface area contributed by atoms with Gasteiger partial charge >= 0.3 is 0 Å². The lowest BCUT2D eigenvalue weighted by atomic mass is 10.3. The van der Waals surface area contributed by atoms with Gasteiger partial charge in [0.1, 0.15) is 5.82 Å². The summed E-state index contributed by atoms with van der Waals surface area (Å²) < 4.78 is 0. The van der Waals surface area contributed by atoms with Crippen LogP contribution in [-0.2, 0) is 6.42 Å². The zero-order valence-corrected chi connectivity index (χ0v) is 5.89. The minimum atomic E-state index is 0.863. The smallest absolute Gasteiger partial charge is 0.125 e. The second kappa shape index (κ2) is 1.94. The first-order chi connectivity index (χ1) is 4.86. The summed E-state index contributed by atoms with van der Waals surface area (Å²) in [7, 11) is 0. The van der Waals surface area contributed by atoms with Gasteiger partial charge in [0.15, 0.2) is 0 Å². The Balaban J connectivity index is 2.52. The molecule has 0 fully saturated rings. The maximum absolute atomic E-state index is 4.28. The third-order valence-electron chi connectivity index (χ3n) is 1.67. The van der Waals surface area contributed by atoms with Crippen LogP contribution in [0.1, 0.15) is 11.5 Å². The molecule has 3 nitrogen and oxygen atoms in total. The van der Waals surface area contributed by atoms with E-state index in [1.54, 1.807) is 0 Å². The van der Waals surface area contributed by atoms with Gasteiger partial charge in [0, 0.05) is 13.0 Å². The number of nitrogens with one attached hydrogen (secondary N) is 1. The zero-order valence-electron chi connectivity index (χ0n) is 5.89. The fourth-order valence-electron chi connectivity index (χ4n) is 1.17. The first kappa shape index (κ1) is 5.65. The van der Waals surface area contributed by atoms with E-state index in [2.05, 4.69) is 15.3 Å². The van der Waals surface area contributed by atoms with Crippen LogP contribution in [0.25, 0.3) is 0 Å². The predicted molar refractivity (Wildman–Crippen MR) is 39.0 cm³/mol. The van der Waals surface area contributed by atoms with Gasteiger partial charge in [-0.25, -0.2) is 9.97 Å². The number of hydrogen-bond donors (Lipinski definition) is 1. The molecule has 3 heteroatoms. The minimum absolute atomic E-state index is 0.863. The van der Waals surface area contributed by atoms with Gasteiger partial charge in [0.25, 0.3) is 0 Å². The molecule has 0 unspecified atom stereocenters. The van der Waals surface area contributed by atoms with Crippen LogP contribution in [0.15, 0.2) is 6.20 Å². The number of fused-ring (bicyclic) bond motifs is 1. The van der Waals surface area contributed by atoms with Crippen LogP contribution in [0.4, 0.5) is 5.69 Å². The van der Waals surface area contributed by atoms with Crippen molar-refractivity contribution in [3.8, 4) is 0 Å². The van der Waals surface area contributed by atoms with Crippen molar-refractivity contribution < 1.29 is 0 Å². The van der Waals surface area contributed by atoms with E-state index in [0.29, 0.717) is 0 Å². The van der Waals surface area contributed by atoms with E-state index >= 15 is 0 Å². The topological polar surface area (TPSA) is 37.8 Å². The SMILES string of the molecule is Cc1ncc2c(n1)CCN2. The maximum atomic E-state index is 4.28. The lowest BCUT2D eigenvalue weighted by Gasteiger charge is -1.96. The fourth-order valence-corrected chi connectivity index (χ4v) is 1.17. The monoisotopic (exact) mass is 135 g/mol. The third-order valence-corrected chi connectivity index (χ3v) is 1.67. The quantitative estimate of drug-likeness (QED) is 0.570. The number of aromatic nitrogens is 2. The molecule has 1 aliphatic rings. The van der Waals surface area contributed by atoms with E-state index in [1.807, 2.05) is 13.1 Å². The van der Waals surface area contributed by atoms with E-state index < -0.39 is 0 Å². The number of hydrogen-bond acceptors (Lipinski definition) is 3. The Bertz CT molecular complexity index is 257. The second-order valence-corrected chi connectivity index (χ2v) is 2.45. The number of rotatable bonds is 0. The van der Waals surface area contributed by atoms with Gasteiger partial charge in [-0.3, -0.25) is 0 Å². The van der Waals surface area contributed by atoms with Crippen molar-refractivity contribution in [2.24, 2.45) is 0 Å². The Kier molecular flexibility index (Phi) is 1.09. The maximum Gasteiger partial charge on any atom is 0.125 e. The molecule has 0 saturated carbocycles. The molecule has 0 bridgehead atoms. The molecule has 1 N–H and O–H groups in total. The van der Waals surface area contributed by atoms with E-state index in [4.69, 9.17) is 0 Å². The molecule has 1 aromatic rings. The molecule has 52 valence electrons. The van der Waals surface area contributed by atoms with E-state index in [1.165, 1.54) is 0 Å². The standard InChI is InChI=1S/C7H9N3/c1-5-9-4-7-6(10-5)2-3-8-7/h4,8H,2-3H2,1H3. The largest absolute Gasteiger partial charge is 0.382 e. The molecule has 0 aliphatic carbocycles. The van der Waals surface area contributed by atoms with Gasteiger partial charge in [-0.15, -0.1) is 0 Å². The Labute approximate surface area is 59.5 Å². The first-order valence-electron chi connectivity index (χ1n) is 3.42. The van der Waals surface area contributed by atoms with Crippen molar-refractivity contribution in [1.29, 1.82) is 0 Å². The average molecular weight is 135 g/mol. The summed E-state index contributed by atoms with van der Waals surface area (Å²) in [6.45, 7) is 2.92. The van der Waals surface area contributed by atoms with E-state index in [9.17, 15) is 0 Å². The molecule has 0 saturated heterocycles. The minimum Gasteiger partial charge on any atom is -0.382 e. The Morgan fingerprint density at radius 2 is 2.50 bits per heavy atom. The van der Waals surface area contributed by atoms with Crippen LogP contribution in [0.5, 0.6) is 0 Å². The Morgan fingerprint density at radius 3 is 3.40 bits per heavy atom. The summed E-state index contributed by atoms with van der Waals surface area (Å²) in [5.41, 5.74) is 2.26. The van der Waals surface area contributed by atoms with E-state index in [0.717, 1.165) is 30.2 Å². The van der Waals surface area contributed by atoms with Gasteiger partial charge in [-0.05, 0) is 6.92 Å². The molecule has 0 amide bonds. The molecule has 1 aromatic heterocycles. The summed E-state index contributed by atoms with van der Waals surface area (Å²) >= 11 is 0. The molecule has 0 spiro atoms. The second-order valence-electron chi connectivity index (χ2n) is 2.45. The zero-order chi connectivity index (χ0) is 6.97. The molecular formula is C7H9N3. The number of aryl methyl sites for hydroxylation is 1. The summed E-state index contributed by atoms with van der Waals surface area (Å²) in [5.74, 6) is 0.863. The van der Waals surface area contributed by atoms with E-state index in [-0.39, 0.29) is 0 Å². The molecular weight excluding hydrogens is 126 g/mol. The fraction of sp³-hybridized carbons (Fsp3) is 0.429. The van der Waals surface area contributed by atoms with Crippen LogP contribution in [0.3, 0.4) is 0 Å². The van der Waals surface area contributed by atoms with Gasteiger partial charge in [-0.2, -0.15) is 0 Å². The molecule has 0 radical (unpaired) electrons. The molecule has 1 aliphatic heterocycles. The highest BCUT2D eigenvalue weighted by Gasteiger charge is 2.10. The van der Waals surface area contributed by atoms with Crippen molar-refractivity contribution in [2.75, 3.05) is 11.9 Å². The van der Waals surface area contributed by atoms with Crippen LogP contribution < -0.4 is 5.32 Å². The Hall–Kier alpha value is -1.12. The summed E-state index contributed by atoms with van der Waals surface area (Å²) in [4.78, 5) is 8.36. The van der Waals surface area contributed by atoms with Gasteiger partial charge in [0.05, 0.1) is 17.6 Å². The lowest BCUT2D eigenvalue weighted by Crippen LogP contribution is -1.92. The van der Waals surface area contributed by atoms with Gasteiger partial charge in [-0.1, -0.05) is 0 Å². The van der Waals surface area contributed by atoms with Crippen molar-refractivity contribution >= 4 is 5.69 Å². The van der Waals surface area contributed by atoms with Crippen LogP contribution in [-0.4, -0.2) is 16.5 Å². The van der Waals surface area contributed by atoms with Gasteiger partial charge < -0.3 is 5.32 Å². The van der Waals surface area contributed by atoms with Gasteiger partial charge in [0.2, 0.25) is 0 Å². The van der Waals surface area contributed by atoms with Crippen LogP contribution in [0, 0.1) is 6.92 Å². The highest BCUT2D eigenvalue weighted by atomic mass is 15.0. The van der Waals surface area contributed by atoms with Crippen LogP contribution in [0.2, 0.25) is 0 Å². The van der Waals surface area contributed by atoms with Crippen molar-refractivity contribution in [3.05, 3.63) is 17.7 Å². The summed E-state index contributed by atoms with van der Waals surface area (Å²) in [5, 5.41) is 3.20. The highest BCUT2D eigenvalue weighted by Crippen LogP contribution is 2.17. The molecule has 10 heavy (non-hydrogen) atoms. The molecule has 2 rings (SSSR count).